The van der Waals surface area contributed by atoms with E-state index >= 15 is 0 Å². The van der Waals surface area contributed by atoms with Crippen LogP contribution in [0.5, 0.6) is 17.2 Å². The van der Waals surface area contributed by atoms with Crippen LogP contribution >= 0.6 is 0 Å². The van der Waals surface area contributed by atoms with Crippen molar-refractivity contribution in [2.75, 3.05) is 31.3 Å². The Hall–Kier alpha value is -3.97. The highest BCUT2D eigenvalue weighted by Gasteiger charge is 2.35. The molecule has 13 heteroatoms. The molecule has 3 heterocycles. The first-order valence-electron chi connectivity index (χ1n) is 12.0. The molecule has 2 aromatic heterocycles. The number of anilines is 2. The van der Waals surface area contributed by atoms with E-state index in [1.165, 1.54) is 23.8 Å². The van der Waals surface area contributed by atoms with Gasteiger partial charge in [-0.3, -0.25) is 0 Å². The molecule has 0 atom stereocenters. The van der Waals surface area contributed by atoms with Crippen molar-refractivity contribution in [3.63, 3.8) is 0 Å². The molecule has 204 valence electrons. The van der Waals surface area contributed by atoms with Crippen molar-refractivity contribution in [2.24, 2.45) is 0 Å². The molecular formula is C26H24F3N5O4S. The van der Waals surface area contributed by atoms with Crippen LogP contribution in [0.25, 0.3) is 10.9 Å². The van der Waals surface area contributed by atoms with Crippen LogP contribution in [0.3, 0.4) is 0 Å². The van der Waals surface area contributed by atoms with Crippen LogP contribution in [0.4, 0.5) is 24.7 Å². The Labute approximate surface area is 222 Å². The molecule has 9 nitrogen and oxygen atoms in total. The van der Waals surface area contributed by atoms with Gasteiger partial charge in [0, 0.05) is 36.1 Å². The summed E-state index contributed by atoms with van der Waals surface area (Å²) in [6, 6.07) is 12.8. The monoisotopic (exact) mass is 559 g/mol. The number of sulfonamides is 1. The molecule has 2 aromatic carbocycles. The smallest absolute Gasteiger partial charge is 0.433 e. The van der Waals surface area contributed by atoms with Crippen LogP contribution in [-0.2, 0) is 16.2 Å². The molecule has 0 aliphatic carbocycles. The third kappa shape index (κ3) is 5.59. The first-order valence-corrected chi connectivity index (χ1v) is 13.6. The normalized spacial score (nSPS) is 14.7. The maximum Gasteiger partial charge on any atom is 0.433 e. The summed E-state index contributed by atoms with van der Waals surface area (Å²) in [7, 11) is -1.76. The van der Waals surface area contributed by atoms with Gasteiger partial charge in [-0.05, 0) is 48.9 Å². The van der Waals surface area contributed by atoms with E-state index in [1.807, 2.05) is 18.2 Å². The molecule has 0 amide bonds. The number of benzene rings is 2. The third-order valence-electron chi connectivity index (χ3n) is 6.42. The van der Waals surface area contributed by atoms with Crippen LogP contribution < -0.4 is 14.8 Å². The lowest BCUT2D eigenvalue weighted by atomic mass is 9.92. The molecule has 4 aromatic rings. The number of methoxy groups -OCH3 is 1. The predicted octanol–water partition coefficient (Wildman–Crippen LogP) is 5.34. The lowest BCUT2D eigenvalue weighted by molar-refractivity contribution is -0.141. The van der Waals surface area contributed by atoms with Gasteiger partial charge >= 0.3 is 6.18 Å². The van der Waals surface area contributed by atoms with Crippen LogP contribution in [-0.4, -0.2) is 53.6 Å². The van der Waals surface area contributed by atoms with Crippen molar-refractivity contribution in [3.8, 4) is 17.2 Å². The number of pyridine rings is 1. The largest absolute Gasteiger partial charge is 0.493 e. The number of aromatic nitrogens is 3. The molecule has 0 unspecified atom stereocenters. The Morgan fingerprint density at radius 1 is 1.03 bits per heavy atom. The Bertz CT molecular complexity index is 1610. The highest BCUT2D eigenvalue weighted by molar-refractivity contribution is 7.89. The van der Waals surface area contributed by atoms with E-state index in [1.54, 1.807) is 25.1 Å². The number of alkyl halides is 3. The molecule has 0 bridgehead atoms. The lowest BCUT2D eigenvalue weighted by Gasteiger charge is -2.38. The van der Waals surface area contributed by atoms with Gasteiger partial charge in [-0.2, -0.15) is 13.2 Å². The number of fused-ring (bicyclic) bond motifs is 1. The quantitative estimate of drug-likeness (QED) is 0.309. The van der Waals surface area contributed by atoms with Gasteiger partial charge in [-0.25, -0.2) is 27.7 Å². The first-order chi connectivity index (χ1) is 18.6. The second kappa shape index (κ2) is 10.3. The molecule has 1 fully saturated rings. The summed E-state index contributed by atoms with van der Waals surface area (Å²) < 4.78 is 75.1. The zero-order valence-corrected chi connectivity index (χ0v) is 21.8. The van der Waals surface area contributed by atoms with Gasteiger partial charge in [0.1, 0.15) is 23.6 Å². The zero-order valence-electron chi connectivity index (χ0n) is 20.9. The summed E-state index contributed by atoms with van der Waals surface area (Å²) in [5.41, 5.74) is 1.32. The lowest BCUT2D eigenvalue weighted by Crippen LogP contribution is -2.48. The topological polar surface area (TPSA) is 107 Å². The molecule has 1 N–H and O–H groups in total. The van der Waals surface area contributed by atoms with Gasteiger partial charge in [-0.15, -0.1) is 0 Å². The van der Waals surface area contributed by atoms with E-state index in [0.29, 0.717) is 30.3 Å². The van der Waals surface area contributed by atoms with Crippen molar-refractivity contribution in [1.82, 2.24) is 19.3 Å². The highest BCUT2D eigenvalue weighted by Crippen LogP contribution is 2.37. The second-order valence-corrected chi connectivity index (χ2v) is 11.1. The minimum atomic E-state index is -4.54. The summed E-state index contributed by atoms with van der Waals surface area (Å²) in [4.78, 5) is 12.1. The van der Waals surface area contributed by atoms with Gasteiger partial charge in [0.2, 0.25) is 10.0 Å². The SMILES string of the molecule is CCS(=O)(=O)N1CC(c2ccc3ncnc(Nc4ccc(Oc5ccc(C(F)(F)F)nc5)c(OC)c4)c3c2)C1. The number of ether oxygens (including phenoxy) is 2. The molecule has 1 aliphatic heterocycles. The Kier molecular flexibility index (Phi) is 7.03. The zero-order chi connectivity index (χ0) is 27.8. The van der Waals surface area contributed by atoms with E-state index in [4.69, 9.17) is 9.47 Å². The molecule has 1 saturated heterocycles. The maximum atomic E-state index is 12.8. The first kappa shape index (κ1) is 26.6. The van der Waals surface area contributed by atoms with E-state index < -0.39 is 21.9 Å². The van der Waals surface area contributed by atoms with Crippen LogP contribution in [0.2, 0.25) is 0 Å². The average molecular weight is 560 g/mol. The minimum absolute atomic E-state index is 0.0772. The number of hydrogen-bond acceptors (Lipinski definition) is 8. The number of nitrogens with one attached hydrogen (secondary N) is 1. The number of rotatable bonds is 8. The van der Waals surface area contributed by atoms with Crippen molar-refractivity contribution < 1.29 is 31.1 Å². The summed E-state index contributed by atoms with van der Waals surface area (Å²) >= 11 is 0. The fourth-order valence-corrected chi connectivity index (χ4v) is 5.37. The summed E-state index contributed by atoms with van der Waals surface area (Å²) in [6.07, 6.45) is -2.10. The molecule has 0 spiro atoms. The highest BCUT2D eigenvalue weighted by atomic mass is 32.2. The number of nitrogens with zero attached hydrogens (tertiary/aromatic N) is 4. The molecule has 0 radical (unpaired) electrons. The van der Waals surface area contributed by atoms with Gasteiger partial charge in [-0.1, -0.05) is 6.07 Å². The van der Waals surface area contributed by atoms with E-state index in [9.17, 15) is 21.6 Å². The van der Waals surface area contributed by atoms with Crippen molar-refractivity contribution in [2.45, 2.75) is 19.0 Å². The number of halogens is 3. The summed E-state index contributed by atoms with van der Waals surface area (Å²) in [6.45, 7) is 2.50. The number of hydrogen-bond donors (Lipinski definition) is 1. The second-order valence-electron chi connectivity index (χ2n) is 8.88. The Morgan fingerprint density at radius 3 is 2.49 bits per heavy atom. The molecule has 1 aliphatic rings. The maximum absolute atomic E-state index is 12.8. The van der Waals surface area contributed by atoms with Crippen molar-refractivity contribution in [3.05, 3.63) is 72.3 Å². The van der Waals surface area contributed by atoms with E-state index in [2.05, 4.69) is 20.3 Å². The van der Waals surface area contributed by atoms with E-state index in [0.717, 1.165) is 28.7 Å². The van der Waals surface area contributed by atoms with Gasteiger partial charge < -0.3 is 14.8 Å². The van der Waals surface area contributed by atoms with Crippen LogP contribution in [0.1, 0.15) is 24.1 Å². The Balaban J connectivity index is 1.35. The van der Waals surface area contributed by atoms with Crippen LogP contribution in [0.15, 0.2) is 61.1 Å². The fraction of sp³-hybridized carbons (Fsp3) is 0.269. The van der Waals surface area contributed by atoms with Crippen LogP contribution in [0, 0.1) is 0 Å². The fourth-order valence-electron chi connectivity index (χ4n) is 4.19. The summed E-state index contributed by atoms with van der Waals surface area (Å²) in [5, 5.41) is 4.02. The molecule has 39 heavy (non-hydrogen) atoms. The summed E-state index contributed by atoms with van der Waals surface area (Å²) in [5.74, 6) is 1.45. The Morgan fingerprint density at radius 2 is 1.82 bits per heavy atom. The standard InChI is InChI=1S/C26H24F3N5O4S/c1-3-39(35,36)34-13-17(14-34)16-4-7-21-20(10-16)25(32-15-31-21)33-18-5-8-22(23(11-18)37-2)38-19-6-9-24(30-12-19)26(27,28)29/h4-12,15,17H,3,13-14H2,1-2H3,(H,31,32,33). The molecule has 0 saturated carbocycles. The predicted molar refractivity (Wildman–Crippen MR) is 139 cm³/mol. The molecule has 5 rings (SSSR count). The van der Waals surface area contributed by atoms with Crippen molar-refractivity contribution in [1.29, 1.82) is 0 Å². The van der Waals surface area contributed by atoms with E-state index in [-0.39, 0.29) is 23.2 Å². The molecular weight excluding hydrogens is 535 g/mol. The average Bonchev–Trinajstić information content (AvgIpc) is 2.88. The van der Waals surface area contributed by atoms with Gasteiger partial charge in [0.25, 0.3) is 0 Å². The van der Waals surface area contributed by atoms with Gasteiger partial charge in [0.05, 0.1) is 24.6 Å². The van der Waals surface area contributed by atoms with Gasteiger partial charge in [0.15, 0.2) is 11.5 Å². The third-order valence-corrected chi connectivity index (χ3v) is 8.23. The van der Waals surface area contributed by atoms with Crippen molar-refractivity contribution >= 4 is 32.4 Å². The minimum Gasteiger partial charge on any atom is -0.493 e.